The van der Waals surface area contributed by atoms with Gasteiger partial charge in [-0.05, 0) is 26.0 Å². The van der Waals surface area contributed by atoms with Crippen LogP contribution in [0.15, 0.2) is 18.2 Å². The highest BCUT2D eigenvalue weighted by molar-refractivity contribution is 6.35. The summed E-state index contributed by atoms with van der Waals surface area (Å²) < 4.78 is 11.3. The Kier molecular flexibility index (Phi) is 3.21. The molecule has 0 N–H and O–H groups in total. The molecule has 1 fully saturated rings. The standard InChI is InChI=1S/C11H12Cl2O2/c1-6-7(2)15-11(14-6)9-4-3-8(12)5-10(9)13/h3-7,11H,1-2H3/t6-,7-/m1/s1. The number of rotatable bonds is 1. The van der Waals surface area contributed by atoms with Crippen LogP contribution >= 0.6 is 23.2 Å². The van der Waals surface area contributed by atoms with Crippen LogP contribution in [-0.2, 0) is 9.47 Å². The monoisotopic (exact) mass is 246 g/mol. The van der Waals surface area contributed by atoms with Gasteiger partial charge in [-0.1, -0.05) is 29.3 Å². The van der Waals surface area contributed by atoms with Gasteiger partial charge in [0.05, 0.1) is 17.2 Å². The fraction of sp³-hybridized carbons (Fsp3) is 0.455. The molecule has 1 aromatic rings. The fourth-order valence-corrected chi connectivity index (χ4v) is 1.98. The van der Waals surface area contributed by atoms with Crippen LogP contribution in [0.2, 0.25) is 10.0 Å². The summed E-state index contributed by atoms with van der Waals surface area (Å²) >= 11 is 11.9. The van der Waals surface area contributed by atoms with E-state index in [0.717, 1.165) is 5.56 Å². The van der Waals surface area contributed by atoms with Crippen LogP contribution in [-0.4, -0.2) is 12.2 Å². The van der Waals surface area contributed by atoms with E-state index in [1.807, 2.05) is 19.9 Å². The van der Waals surface area contributed by atoms with E-state index in [9.17, 15) is 0 Å². The minimum absolute atomic E-state index is 0.0849. The SMILES string of the molecule is C[C@H]1OC(c2ccc(Cl)cc2Cl)O[C@@H]1C. The van der Waals surface area contributed by atoms with E-state index in [2.05, 4.69) is 0 Å². The summed E-state index contributed by atoms with van der Waals surface area (Å²) in [4.78, 5) is 0. The Bertz CT molecular complexity index is 358. The summed E-state index contributed by atoms with van der Waals surface area (Å²) in [5.74, 6) is 0. The van der Waals surface area contributed by atoms with Crippen LogP contribution in [0, 0.1) is 0 Å². The molecule has 0 aliphatic carbocycles. The Balaban J connectivity index is 2.24. The van der Waals surface area contributed by atoms with Crippen molar-refractivity contribution in [2.45, 2.75) is 32.3 Å². The second-order valence-corrected chi connectivity index (χ2v) is 4.52. The summed E-state index contributed by atoms with van der Waals surface area (Å²) in [6.07, 6.45) is -0.205. The molecule has 1 aliphatic heterocycles. The van der Waals surface area contributed by atoms with E-state index in [1.54, 1.807) is 12.1 Å². The largest absolute Gasteiger partial charge is 0.343 e. The zero-order chi connectivity index (χ0) is 11.0. The average Bonchev–Trinajstić information content (AvgIpc) is 2.46. The van der Waals surface area contributed by atoms with Crippen LogP contribution in [0.4, 0.5) is 0 Å². The maximum Gasteiger partial charge on any atom is 0.186 e. The number of halogens is 2. The summed E-state index contributed by atoms with van der Waals surface area (Å²) in [5.41, 5.74) is 0.831. The lowest BCUT2D eigenvalue weighted by Gasteiger charge is -2.11. The highest BCUT2D eigenvalue weighted by Crippen LogP contribution is 2.35. The van der Waals surface area contributed by atoms with Crippen molar-refractivity contribution < 1.29 is 9.47 Å². The van der Waals surface area contributed by atoms with E-state index in [-0.39, 0.29) is 18.5 Å². The zero-order valence-electron chi connectivity index (χ0n) is 8.54. The second-order valence-electron chi connectivity index (χ2n) is 3.68. The Morgan fingerprint density at radius 1 is 1.07 bits per heavy atom. The highest BCUT2D eigenvalue weighted by atomic mass is 35.5. The topological polar surface area (TPSA) is 18.5 Å². The maximum absolute atomic E-state index is 6.06. The minimum atomic E-state index is -0.375. The Morgan fingerprint density at radius 3 is 2.20 bits per heavy atom. The first-order chi connectivity index (χ1) is 7.08. The molecule has 1 heterocycles. The van der Waals surface area contributed by atoms with E-state index < -0.39 is 0 Å². The van der Waals surface area contributed by atoms with Crippen molar-refractivity contribution in [3.63, 3.8) is 0 Å². The first kappa shape index (κ1) is 11.2. The molecule has 1 aromatic carbocycles. The predicted octanol–water partition coefficient (Wildman–Crippen LogP) is 3.82. The lowest BCUT2D eigenvalue weighted by Crippen LogP contribution is -2.13. The van der Waals surface area contributed by atoms with Crippen molar-refractivity contribution in [3.8, 4) is 0 Å². The Hall–Kier alpha value is -0.280. The summed E-state index contributed by atoms with van der Waals surface area (Å²) in [5, 5.41) is 1.19. The molecule has 0 bridgehead atoms. The van der Waals surface area contributed by atoms with Crippen molar-refractivity contribution in [1.82, 2.24) is 0 Å². The number of hydrogen-bond acceptors (Lipinski definition) is 2. The van der Waals surface area contributed by atoms with Gasteiger partial charge < -0.3 is 9.47 Å². The maximum atomic E-state index is 6.06. The molecule has 2 nitrogen and oxygen atoms in total. The van der Waals surface area contributed by atoms with Gasteiger partial charge in [0.25, 0.3) is 0 Å². The molecule has 0 aromatic heterocycles. The highest BCUT2D eigenvalue weighted by Gasteiger charge is 2.31. The molecule has 2 atom stereocenters. The predicted molar refractivity (Wildman–Crippen MR) is 60.3 cm³/mol. The van der Waals surface area contributed by atoms with Gasteiger partial charge in [0.1, 0.15) is 0 Å². The summed E-state index contributed by atoms with van der Waals surface area (Å²) in [7, 11) is 0. The fourth-order valence-electron chi connectivity index (χ4n) is 1.48. The van der Waals surface area contributed by atoms with Crippen LogP contribution in [0.3, 0.4) is 0 Å². The van der Waals surface area contributed by atoms with Gasteiger partial charge in [0, 0.05) is 10.6 Å². The Labute approximate surface area is 99.1 Å². The van der Waals surface area contributed by atoms with Crippen LogP contribution < -0.4 is 0 Å². The number of hydrogen-bond donors (Lipinski definition) is 0. The molecule has 0 amide bonds. The molecular formula is C11H12Cl2O2. The molecule has 1 aliphatic rings. The van der Waals surface area contributed by atoms with Crippen molar-refractivity contribution in [3.05, 3.63) is 33.8 Å². The van der Waals surface area contributed by atoms with Crippen LogP contribution in [0.1, 0.15) is 25.7 Å². The zero-order valence-corrected chi connectivity index (χ0v) is 10.0. The van der Waals surface area contributed by atoms with Gasteiger partial charge in [-0.15, -0.1) is 0 Å². The lowest BCUT2D eigenvalue weighted by atomic mass is 10.2. The van der Waals surface area contributed by atoms with E-state index in [4.69, 9.17) is 32.7 Å². The Morgan fingerprint density at radius 2 is 1.67 bits per heavy atom. The third-order valence-electron chi connectivity index (χ3n) is 2.55. The number of ether oxygens (including phenoxy) is 2. The molecule has 4 heteroatoms. The quantitative estimate of drug-likeness (QED) is 0.751. The molecule has 2 rings (SSSR count). The van der Waals surface area contributed by atoms with Crippen molar-refractivity contribution in [2.75, 3.05) is 0 Å². The third-order valence-corrected chi connectivity index (χ3v) is 3.12. The molecule has 0 saturated carbocycles. The first-order valence-electron chi connectivity index (χ1n) is 4.84. The average molecular weight is 247 g/mol. The van der Waals surface area contributed by atoms with Gasteiger partial charge in [-0.2, -0.15) is 0 Å². The molecule has 0 spiro atoms. The summed E-state index contributed by atoms with van der Waals surface area (Å²) in [6, 6.07) is 5.31. The van der Waals surface area contributed by atoms with Gasteiger partial charge in [-0.25, -0.2) is 0 Å². The second kappa shape index (κ2) is 4.30. The van der Waals surface area contributed by atoms with Crippen LogP contribution in [0.25, 0.3) is 0 Å². The van der Waals surface area contributed by atoms with Crippen LogP contribution in [0.5, 0.6) is 0 Å². The molecule has 15 heavy (non-hydrogen) atoms. The van der Waals surface area contributed by atoms with E-state index in [1.165, 1.54) is 0 Å². The van der Waals surface area contributed by atoms with E-state index >= 15 is 0 Å². The van der Waals surface area contributed by atoms with Crippen molar-refractivity contribution in [1.29, 1.82) is 0 Å². The van der Waals surface area contributed by atoms with Crippen molar-refractivity contribution >= 4 is 23.2 Å². The minimum Gasteiger partial charge on any atom is -0.343 e. The smallest absolute Gasteiger partial charge is 0.186 e. The molecule has 1 saturated heterocycles. The molecule has 82 valence electrons. The lowest BCUT2D eigenvalue weighted by molar-refractivity contribution is -0.0651. The summed E-state index contributed by atoms with van der Waals surface area (Å²) in [6.45, 7) is 3.96. The van der Waals surface area contributed by atoms with Gasteiger partial charge in [0.2, 0.25) is 0 Å². The third kappa shape index (κ3) is 2.28. The van der Waals surface area contributed by atoms with Gasteiger partial charge >= 0.3 is 0 Å². The number of benzene rings is 1. The van der Waals surface area contributed by atoms with E-state index in [0.29, 0.717) is 10.0 Å². The van der Waals surface area contributed by atoms with Gasteiger partial charge in [0.15, 0.2) is 6.29 Å². The van der Waals surface area contributed by atoms with Crippen molar-refractivity contribution in [2.24, 2.45) is 0 Å². The van der Waals surface area contributed by atoms with Gasteiger partial charge in [-0.3, -0.25) is 0 Å². The molecule has 0 radical (unpaired) electrons. The normalized spacial score (nSPS) is 27.2. The molecular weight excluding hydrogens is 235 g/mol. The molecule has 0 unspecified atom stereocenters. The first-order valence-corrected chi connectivity index (χ1v) is 5.59.